The molecule has 0 amide bonds. The van der Waals surface area contributed by atoms with E-state index < -0.39 is 11.2 Å². The predicted molar refractivity (Wildman–Crippen MR) is 114 cm³/mol. The van der Waals surface area contributed by atoms with Gasteiger partial charge in [-0.15, -0.1) is 0 Å². The van der Waals surface area contributed by atoms with Crippen LogP contribution in [0.3, 0.4) is 0 Å². The van der Waals surface area contributed by atoms with Crippen LogP contribution in [-0.4, -0.2) is 26.4 Å². The van der Waals surface area contributed by atoms with Gasteiger partial charge in [0, 0.05) is 12.5 Å². The molecule has 30 heavy (non-hydrogen) atoms. The Morgan fingerprint density at radius 1 is 1.03 bits per heavy atom. The molecule has 0 bridgehead atoms. The van der Waals surface area contributed by atoms with E-state index in [4.69, 9.17) is 23.4 Å². The summed E-state index contributed by atoms with van der Waals surface area (Å²) < 4.78 is 28.9. The van der Waals surface area contributed by atoms with Crippen molar-refractivity contribution in [3.63, 3.8) is 0 Å². The Labute approximate surface area is 173 Å². The first kappa shape index (κ1) is 18.6. The second kappa shape index (κ2) is 6.55. The lowest BCUT2D eigenvalue weighted by molar-refractivity contribution is 0.158. The van der Waals surface area contributed by atoms with Gasteiger partial charge in [-0.25, -0.2) is 4.79 Å². The van der Waals surface area contributed by atoms with Crippen molar-refractivity contribution in [3.05, 3.63) is 51.9 Å². The molecule has 0 fully saturated rings. The molecule has 3 aromatic rings. The summed E-state index contributed by atoms with van der Waals surface area (Å²) in [5.41, 5.74) is 2.33. The van der Waals surface area contributed by atoms with Gasteiger partial charge in [0.05, 0.1) is 26.4 Å². The Morgan fingerprint density at radius 3 is 2.60 bits per heavy atom. The SMILES string of the molecule is COc1c2c(cc3oc(=O)c(-c4ccc5c(c4)CCO5)c(OC)c13)OC(C)(C)C=C2. The molecule has 0 radical (unpaired) electrons. The lowest BCUT2D eigenvalue weighted by Gasteiger charge is -2.29. The van der Waals surface area contributed by atoms with E-state index in [1.165, 1.54) is 0 Å². The van der Waals surface area contributed by atoms with Crippen molar-refractivity contribution in [3.8, 4) is 34.1 Å². The summed E-state index contributed by atoms with van der Waals surface area (Å²) in [7, 11) is 3.13. The molecule has 6 nitrogen and oxygen atoms in total. The zero-order valence-electron chi connectivity index (χ0n) is 17.3. The van der Waals surface area contributed by atoms with Gasteiger partial charge in [0.2, 0.25) is 0 Å². The Kier molecular flexibility index (Phi) is 4.07. The lowest BCUT2D eigenvalue weighted by Crippen LogP contribution is -2.27. The van der Waals surface area contributed by atoms with Crippen LogP contribution < -0.4 is 24.6 Å². The van der Waals surface area contributed by atoms with E-state index in [0.717, 1.165) is 28.9 Å². The van der Waals surface area contributed by atoms with Crippen LogP contribution in [0.25, 0.3) is 28.2 Å². The highest BCUT2D eigenvalue weighted by Crippen LogP contribution is 2.47. The first-order chi connectivity index (χ1) is 14.4. The van der Waals surface area contributed by atoms with Gasteiger partial charge in [-0.05, 0) is 49.3 Å². The van der Waals surface area contributed by atoms with Crippen molar-refractivity contribution in [2.75, 3.05) is 20.8 Å². The van der Waals surface area contributed by atoms with Crippen molar-refractivity contribution >= 4 is 17.0 Å². The molecule has 5 rings (SSSR count). The average molecular weight is 406 g/mol. The van der Waals surface area contributed by atoms with E-state index in [1.807, 2.05) is 44.2 Å². The summed E-state index contributed by atoms with van der Waals surface area (Å²) in [5.74, 6) is 2.40. The van der Waals surface area contributed by atoms with E-state index >= 15 is 0 Å². The van der Waals surface area contributed by atoms with Crippen LogP contribution in [-0.2, 0) is 6.42 Å². The van der Waals surface area contributed by atoms with Crippen LogP contribution in [0.4, 0.5) is 0 Å². The smallest absolute Gasteiger partial charge is 0.347 e. The topological polar surface area (TPSA) is 67.1 Å². The maximum absolute atomic E-state index is 13.0. The van der Waals surface area contributed by atoms with Crippen LogP contribution in [0.15, 0.2) is 39.6 Å². The minimum atomic E-state index is -0.481. The number of hydrogen-bond acceptors (Lipinski definition) is 6. The summed E-state index contributed by atoms with van der Waals surface area (Å²) in [6.07, 6.45) is 4.74. The molecular weight excluding hydrogens is 384 g/mol. The molecule has 0 atom stereocenters. The molecule has 3 heterocycles. The molecule has 0 aliphatic carbocycles. The van der Waals surface area contributed by atoms with Gasteiger partial charge in [0.15, 0.2) is 0 Å². The number of methoxy groups -OCH3 is 2. The van der Waals surface area contributed by atoms with Gasteiger partial charge in [-0.2, -0.15) is 0 Å². The molecule has 0 saturated heterocycles. The Morgan fingerprint density at radius 2 is 1.83 bits per heavy atom. The highest BCUT2D eigenvalue weighted by Gasteiger charge is 2.29. The van der Waals surface area contributed by atoms with Crippen molar-refractivity contribution in [2.24, 2.45) is 0 Å². The maximum atomic E-state index is 13.0. The average Bonchev–Trinajstić information content (AvgIpc) is 3.18. The standard InChI is InChI=1S/C24H22O6/c1-24(2)9-7-15-17(30-24)12-18-20(21(15)26-3)22(27-4)19(23(25)29-18)14-5-6-16-13(11-14)8-10-28-16/h5-7,9,11-12H,8,10H2,1-4H3. The fourth-order valence-electron chi connectivity index (χ4n) is 4.14. The molecule has 0 N–H and O–H groups in total. The van der Waals surface area contributed by atoms with Crippen LogP contribution in [0.2, 0.25) is 0 Å². The summed E-state index contributed by atoms with van der Waals surface area (Å²) >= 11 is 0. The van der Waals surface area contributed by atoms with Gasteiger partial charge >= 0.3 is 5.63 Å². The second-order valence-electron chi connectivity index (χ2n) is 7.95. The van der Waals surface area contributed by atoms with Gasteiger partial charge in [-0.3, -0.25) is 0 Å². The monoisotopic (exact) mass is 406 g/mol. The molecule has 1 aromatic heterocycles. The highest BCUT2D eigenvalue weighted by atomic mass is 16.5. The largest absolute Gasteiger partial charge is 0.495 e. The molecule has 154 valence electrons. The summed E-state index contributed by atoms with van der Waals surface area (Å²) in [4.78, 5) is 13.0. The van der Waals surface area contributed by atoms with E-state index in [-0.39, 0.29) is 0 Å². The van der Waals surface area contributed by atoms with E-state index in [1.54, 1.807) is 20.3 Å². The van der Waals surface area contributed by atoms with Crippen LogP contribution >= 0.6 is 0 Å². The Bertz CT molecular complexity index is 1270. The third kappa shape index (κ3) is 2.75. The normalized spacial score (nSPS) is 15.9. The summed E-state index contributed by atoms with van der Waals surface area (Å²) in [6, 6.07) is 7.41. The third-order valence-corrected chi connectivity index (χ3v) is 5.52. The van der Waals surface area contributed by atoms with Crippen LogP contribution in [0.5, 0.6) is 23.0 Å². The highest BCUT2D eigenvalue weighted by molar-refractivity contribution is 5.99. The molecular formula is C24H22O6. The molecule has 0 unspecified atom stereocenters. The van der Waals surface area contributed by atoms with Gasteiger partial charge in [0.25, 0.3) is 0 Å². The first-order valence-electron chi connectivity index (χ1n) is 9.82. The predicted octanol–water partition coefficient (Wildman–Crippen LogP) is 4.60. The Balaban J connectivity index is 1.82. The van der Waals surface area contributed by atoms with Crippen LogP contribution in [0.1, 0.15) is 25.0 Å². The van der Waals surface area contributed by atoms with Crippen molar-refractivity contribution in [2.45, 2.75) is 25.9 Å². The van der Waals surface area contributed by atoms with Crippen LogP contribution in [0, 0.1) is 0 Å². The summed E-state index contributed by atoms with van der Waals surface area (Å²) in [6.45, 7) is 4.56. The number of fused-ring (bicyclic) bond motifs is 3. The molecule has 0 spiro atoms. The zero-order valence-corrected chi connectivity index (χ0v) is 17.3. The van der Waals surface area contributed by atoms with Crippen molar-refractivity contribution in [1.82, 2.24) is 0 Å². The zero-order chi connectivity index (χ0) is 21.0. The van der Waals surface area contributed by atoms with Crippen molar-refractivity contribution < 1.29 is 23.4 Å². The number of rotatable bonds is 3. The number of benzene rings is 2. The van der Waals surface area contributed by atoms with E-state index in [9.17, 15) is 4.79 Å². The minimum absolute atomic E-state index is 0.354. The van der Waals surface area contributed by atoms with Crippen molar-refractivity contribution in [1.29, 1.82) is 0 Å². The molecule has 6 heteroatoms. The fraction of sp³-hybridized carbons (Fsp3) is 0.292. The van der Waals surface area contributed by atoms with Gasteiger partial charge in [0.1, 0.15) is 45.1 Å². The number of ether oxygens (including phenoxy) is 4. The quantitative estimate of drug-likeness (QED) is 0.593. The maximum Gasteiger partial charge on any atom is 0.347 e. The lowest BCUT2D eigenvalue weighted by atomic mass is 9.97. The van der Waals surface area contributed by atoms with E-state index in [0.29, 0.717) is 40.4 Å². The Hall–Kier alpha value is -3.41. The van der Waals surface area contributed by atoms with Gasteiger partial charge < -0.3 is 23.4 Å². The molecule has 0 saturated carbocycles. The second-order valence-corrected chi connectivity index (χ2v) is 7.95. The third-order valence-electron chi connectivity index (χ3n) is 5.52. The molecule has 2 aromatic carbocycles. The molecule has 2 aliphatic heterocycles. The fourth-order valence-corrected chi connectivity index (χ4v) is 4.14. The van der Waals surface area contributed by atoms with Gasteiger partial charge in [-0.1, -0.05) is 6.07 Å². The summed E-state index contributed by atoms with van der Waals surface area (Å²) in [5, 5.41) is 0.595. The first-order valence-corrected chi connectivity index (χ1v) is 9.82. The van der Waals surface area contributed by atoms with E-state index in [2.05, 4.69) is 0 Å². The number of hydrogen-bond donors (Lipinski definition) is 0. The minimum Gasteiger partial charge on any atom is -0.495 e. The molecule has 2 aliphatic rings.